The van der Waals surface area contributed by atoms with Crippen molar-refractivity contribution in [3.05, 3.63) is 53.9 Å². The van der Waals surface area contributed by atoms with Crippen molar-refractivity contribution >= 4 is 23.3 Å². The molecule has 2 heterocycles. The Morgan fingerprint density at radius 2 is 1.93 bits per heavy atom. The molecule has 0 spiro atoms. The summed E-state index contributed by atoms with van der Waals surface area (Å²) in [6.45, 7) is 5.08. The number of rotatable bonds is 7. The fourth-order valence-corrected chi connectivity index (χ4v) is 2.89. The van der Waals surface area contributed by atoms with Gasteiger partial charge in [0, 0.05) is 44.3 Å². The van der Waals surface area contributed by atoms with Gasteiger partial charge in [-0.2, -0.15) is 0 Å². The van der Waals surface area contributed by atoms with E-state index in [1.165, 1.54) is 13.3 Å². The van der Waals surface area contributed by atoms with Gasteiger partial charge in [-0.1, -0.05) is 6.07 Å². The number of esters is 1. The highest BCUT2D eigenvalue weighted by Gasteiger charge is 2.12. The molecule has 1 aromatic carbocycles. The number of hydrogen-bond acceptors (Lipinski definition) is 7. The van der Waals surface area contributed by atoms with E-state index in [0.717, 1.165) is 45.1 Å². The van der Waals surface area contributed by atoms with Gasteiger partial charge in [-0.05, 0) is 24.3 Å². The van der Waals surface area contributed by atoms with Crippen LogP contribution < -0.4 is 10.6 Å². The molecular formula is C20H24N4O4. The molecule has 148 valence electrons. The summed E-state index contributed by atoms with van der Waals surface area (Å²) in [4.78, 5) is 30.6. The van der Waals surface area contributed by atoms with Gasteiger partial charge in [0.05, 0.1) is 37.1 Å². The highest BCUT2D eigenvalue weighted by molar-refractivity contribution is 6.05. The highest BCUT2D eigenvalue weighted by atomic mass is 16.5. The number of benzene rings is 1. The molecule has 3 rings (SSSR count). The van der Waals surface area contributed by atoms with Gasteiger partial charge in [-0.3, -0.25) is 14.7 Å². The van der Waals surface area contributed by atoms with E-state index in [9.17, 15) is 9.59 Å². The average Bonchev–Trinajstić information content (AvgIpc) is 2.74. The summed E-state index contributed by atoms with van der Waals surface area (Å²) < 4.78 is 10.0. The molecule has 8 heteroatoms. The van der Waals surface area contributed by atoms with Crippen molar-refractivity contribution in [3.8, 4) is 0 Å². The van der Waals surface area contributed by atoms with E-state index in [0.29, 0.717) is 16.8 Å². The van der Waals surface area contributed by atoms with E-state index in [2.05, 4.69) is 20.5 Å². The summed E-state index contributed by atoms with van der Waals surface area (Å²) in [7, 11) is 1.32. The maximum absolute atomic E-state index is 12.5. The molecule has 1 fully saturated rings. The van der Waals surface area contributed by atoms with E-state index in [1.807, 2.05) is 0 Å². The van der Waals surface area contributed by atoms with Gasteiger partial charge in [-0.15, -0.1) is 0 Å². The topological polar surface area (TPSA) is 92.8 Å². The standard InChI is InChI=1S/C20H24N4O4/c1-27-20(26)15-3-2-4-17(11-15)23-19(25)16-12-18(14-21-13-16)22-5-6-24-7-9-28-10-8-24/h2-4,11-14,22H,5-10H2,1H3,(H,23,25). The molecule has 1 saturated heterocycles. The van der Waals surface area contributed by atoms with E-state index in [1.54, 1.807) is 36.5 Å². The van der Waals surface area contributed by atoms with Crippen LogP contribution in [0.3, 0.4) is 0 Å². The largest absolute Gasteiger partial charge is 0.465 e. The molecule has 8 nitrogen and oxygen atoms in total. The maximum Gasteiger partial charge on any atom is 0.337 e. The SMILES string of the molecule is COC(=O)c1cccc(NC(=O)c2cncc(NCCN3CCOCC3)c2)c1. The molecule has 2 aromatic rings. The third-order valence-electron chi connectivity index (χ3n) is 4.40. The summed E-state index contributed by atoms with van der Waals surface area (Å²) in [6, 6.07) is 8.35. The summed E-state index contributed by atoms with van der Waals surface area (Å²) in [6.07, 6.45) is 3.20. The second kappa shape index (κ2) is 9.82. The van der Waals surface area contributed by atoms with Crippen LogP contribution in [0.5, 0.6) is 0 Å². The quantitative estimate of drug-likeness (QED) is 0.704. The van der Waals surface area contributed by atoms with Crippen LogP contribution in [0.4, 0.5) is 11.4 Å². The van der Waals surface area contributed by atoms with Gasteiger partial charge < -0.3 is 20.1 Å². The smallest absolute Gasteiger partial charge is 0.337 e. The Kier molecular flexibility index (Phi) is 6.94. The fraction of sp³-hybridized carbons (Fsp3) is 0.350. The molecule has 0 unspecified atom stereocenters. The number of aromatic nitrogens is 1. The Labute approximate surface area is 163 Å². The lowest BCUT2D eigenvalue weighted by molar-refractivity contribution is 0.0398. The predicted octanol–water partition coefficient (Wildman–Crippen LogP) is 1.86. The molecule has 1 aromatic heterocycles. The maximum atomic E-state index is 12.5. The second-order valence-electron chi connectivity index (χ2n) is 6.37. The lowest BCUT2D eigenvalue weighted by Gasteiger charge is -2.26. The third kappa shape index (κ3) is 5.51. The normalized spacial score (nSPS) is 14.3. The number of nitrogens with one attached hydrogen (secondary N) is 2. The molecule has 0 saturated carbocycles. The first-order valence-electron chi connectivity index (χ1n) is 9.14. The number of morpholine rings is 1. The van der Waals surface area contributed by atoms with Crippen molar-refractivity contribution in [1.82, 2.24) is 9.88 Å². The number of pyridine rings is 1. The first-order chi connectivity index (χ1) is 13.7. The number of anilines is 2. The van der Waals surface area contributed by atoms with Crippen LogP contribution in [0, 0.1) is 0 Å². The molecule has 2 N–H and O–H groups in total. The molecule has 1 amide bonds. The van der Waals surface area contributed by atoms with Gasteiger partial charge in [0.1, 0.15) is 0 Å². The van der Waals surface area contributed by atoms with Crippen molar-refractivity contribution in [2.45, 2.75) is 0 Å². The zero-order chi connectivity index (χ0) is 19.8. The van der Waals surface area contributed by atoms with E-state index < -0.39 is 5.97 Å². The number of hydrogen-bond donors (Lipinski definition) is 2. The van der Waals surface area contributed by atoms with Crippen LogP contribution >= 0.6 is 0 Å². The third-order valence-corrected chi connectivity index (χ3v) is 4.40. The van der Waals surface area contributed by atoms with Crippen LogP contribution in [0.2, 0.25) is 0 Å². The Morgan fingerprint density at radius 3 is 2.71 bits per heavy atom. The highest BCUT2D eigenvalue weighted by Crippen LogP contribution is 2.14. The molecule has 1 aliphatic heterocycles. The van der Waals surface area contributed by atoms with Crippen molar-refractivity contribution < 1.29 is 19.1 Å². The predicted molar refractivity (Wildman–Crippen MR) is 106 cm³/mol. The lowest BCUT2D eigenvalue weighted by Crippen LogP contribution is -2.39. The van der Waals surface area contributed by atoms with Crippen LogP contribution in [0.1, 0.15) is 20.7 Å². The van der Waals surface area contributed by atoms with Gasteiger partial charge >= 0.3 is 5.97 Å². The van der Waals surface area contributed by atoms with E-state index in [-0.39, 0.29) is 5.91 Å². The summed E-state index contributed by atoms with van der Waals surface area (Å²) in [5.41, 5.74) is 2.10. The Balaban J connectivity index is 1.56. The van der Waals surface area contributed by atoms with Gasteiger partial charge in [0.2, 0.25) is 0 Å². The number of ether oxygens (including phenoxy) is 2. The number of amides is 1. The molecule has 28 heavy (non-hydrogen) atoms. The van der Waals surface area contributed by atoms with Gasteiger partial charge in [0.15, 0.2) is 0 Å². The van der Waals surface area contributed by atoms with Crippen molar-refractivity contribution in [2.24, 2.45) is 0 Å². The molecule has 0 radical (unpaired) electrons. The fourth-order valence-electron chi connectivity index (χ4n) is 2.89. The van der Waals surface area contributed by atoms with Gasteiger partial charge in [-0.25, -0.2) is 4.79 Å². The number of methoxy groups -OCH3 is 1. The van der Waals surface area contributed by atoms with E-state index >= 15 is 0 Å². The van der Waals surface area contributed by atoms with Crippen molar-refractivity contribution in [2.75, 3.05) is 57.1 Å². The Hall–Kier alpha value is -2.97. The molecule has 0 bridgehead atoms. The first-order valence-corrected chi connectivity index (χ1v) is 9.14. The number of carbonyl (C=O) groups is 2. The Morgan fingerprint density at radius 1 is 1.14 bits per heavy atom. The minimum absolute atomic E-state index is 0.300. The zero-order valence-corrected chi connectivity index (χ0v) is 15.8. The second-order valence-corrected chi connectivity index (χ2v) is 6.37. The summed E-state index contributed by atoms with van der Waals surface area (Å²) in [5, 5.41) is 6.07. The van der Waals surface area contributed by atoms with Crippen LogP contribution in [0.15, 0.2) is 42.7 Å². The van der Waals surface area contributed by atoms with Crippen LogP contribution in [0.25, 0.3) is 0 Å². The van der Waals surface area contributed by atoms with Crippen molar-refractivity contribution in [1.29, 1.82) is 0 Å². The average molecular weight is 384 g/mol. The van der Waals surface area contributed by atoms with E-state index in [4.69, 9.17) is 9.47 Å². The Bertz CT molecular complexity index is 821. The van der Waals surface area contributed by atoms with Gasteiger partial charge in [0.25, 0.3) is 5.91 Å². The van der Waals surface area contributed by atoms with Crippen LogP contribution in [-0.2, 0) is 9.47 Å². The summed E-state index contributed by atoms with van der Waals surface area (Å²) >= 11 is 0. The zero-order valence-electron chi connectivity index (χ0n) is 15.8. The molecule has 0 aliphatic carbocycles. The number of nitrogens with zero attached hydrogens (tertiary/aromatic N) is 2. The van der Waals surface area contributed by atoms with Crippen LogP contribution in [-0.4, -0.2) is 68.3 Å². The molecule has 1 aliphatic rings. The minimum atomic E-state index is -0.454. The monoisotopic (exact) mass is 384 g/mol. The minimum Gasteiger partial charge on any atom is -0.465 e. The molecule has 0 atom stereocenters. The first kappa shape index (κ1) is 19.8. The summed E-state index contributed by atoms with van der Waals surface area (Å²) in [5.74, 6) is -0.754. The number of carbonyl (C=O) groups excluding carboxylic acids is 2. The molecular weight excluding hydrogens is 360 g/mol. The lowest BCUT2D eigenvalue weighted by atomic mass is 10.2. The van der Waals surface area contributed by atoms with Crippen molar-refractivity contribution in [3.63, 3.8) is 0 Å².